The van der Waals surface area contributed by atoms with Crippen LogP contribution < -0.4 is 10.0 Å². The van der Waals surface area contributed by atoms with Gasteiger partial charge in [0.15, 0.2) is 0 Å². The molecule has 0 aliphatic heterocycles. The minimum atomic E-state index is -3.22. The van der Waals surface area contributed by atoms with E-state index in [-0.39, 0.29) is 12.3 Å². The Hall–Kier alpha value is -0.850. The van der Waals surface area contributed by atoms with Gasteiger partial charge in [0.1, 0.15) is 5.82 Å². The highest BCUT2D eigenvalue weighted by atomic mass is 35.5. The molecular formula is C12H18ClN3O2S. The Morgan fingerprint density at radius 3 is 2.84 bits per heavy atom. The predicted molar refractivity (Wildman–Crippen MR) is 76.9 cm³/mol. The lowest BCUT2D eigenvalue weighted by molar-refractivity contribution is 0.316. The third kappa shape index (κ3) is 4.63. The summed E-state index contributed by atoms with van der Waals surface area (Å²) in [5.74, 6) is 1.05. The lowest BCUT2D eigenvalue weighted by Crippen LogP contribution is -2.35. The molecule has 1 heterocycles. The molecular weight excluding hydrogens is 286 g/mol. The van der Waals surface area contributed by atoms with Crippen molar-refractivity contribution in [3.63, 3.8) is 0 Å². The van der Waals surface area contributed by atoms with E-state index in [1.54, 1.807) is 18.3 Å². The molecule has 0 bridgehead atoms. The number of pyridine rings is 1. The lowest BCUT2D eigenvalue weighted by Gasteiger charge is -2.25. The fourth-order valence-corrected chi connectivity index (χ4v) is 3.03. The number of rotatable bonds is 7. The van der Waals surface area contributed by atoms with Crippen LogP contribution in [0, 0.1) is 5.92 Å². The highest BCUT2D eigenvalue weighted by Gasteiger charge is 2.19. The van der Waals surface area contributed by atoms with Gasteiger partial charge in [-0.1, -0.05) is 18.0 Å². The lowest BCUT2D eigenvalue weighted by atomic mass is 9.86. The normalized spacial score (nSPS) is 16.1. The van der Waals surface area contributed by atoms with Crippen LogP contribution in [0.15, 0.2) is 18.3 Å². The Kier molecular flexibility index (Phi) is 5.01. The van der Waals surface area contributed by atoms with Crippen LogP contribution in [0.5, 0.6) is 0 Å². The number of nitrogens with zero attached hydrogens (tertiary/aromatic N) is 1. The van der Waals surface area contributed by atoms with E-state index in [2.05, 4.69) is 15.0 Å². The number of hydrogen-bond donors (Lipinski definition) is 2. The Bertz CT molecular complexity index is 517. The van der Waals surface area contributed by atoms with E-state index in [1.165, 1.54) is 6.42 Å². The van der Waals surface area contributed by atoms with Gasteiger partial charge >= 0.3 is 0 Å². The minimum absolute atomic E-state index is 0.0205. The third-order valence-corrected chi connectivity index (χ3v) is 4.89. The first-order chi connectivity index (χ1) is 9.07. The zero-order valence-corrected chi connectivity index (χ0v) is 12.2. The number of nitrogens with one attached hydrogen (secondary N) is 2. The summed E-state index contributed by atoms with van der Waals surface area (Å²) in [6.45, 7) is 0.851. The molecule has 1 saturated carbocycles. The van der Waals surface area contributed by atoms with Crippen molar-refractivity contribution in [1.29, 1.82) is 0 Å². The van der Waals surface area contributed by atoms with Gasteiger partial charge in [-0.25, -0.2) is 18.1 Å². The second kappa shape index (κ2) is 6.54. The van der Waals surface area contributed by atoms with Gasteiger partial charge in [0.25, 0.3) is 0 Å². The Labute approximate surface area is 118 Å². The van der Waals surface area contributed by atoms with E-state index in [0.717, 1.165) is 12.8 Å². The number of halogens is 1. The molecule has 0 atom stereocenters. The molecule has 0 radical (unpaired) electrons. The van der Waals surface area contributed by atoms with Gasteiger partial charge in [0, 0.05) is 19.3 Å². The number of anilines is 1. The molecule has 19 heavy (non-hydrogen) atoms. The van der Waals surface area contributed by atoms with Crippen LogP contribution in [0.25, 0.3) is 0 Å². The molecule has 0 saturated heterocycles. The summed E-state index contributed by atoms with van der Waals surface area (Å²) in [7, 11) is -3.22. The molecule has 0 spiro atoms. The highest BCUT2D eigenvalue weighted by Crippen LogP contribution is 2.25. The molecule has 5 nitrogen and oxygen atoms in total. The first kappa shape index (κ1) is 14.6. The van der Waals surface area contributed by atoms with Gasteiger partial charge in [0.2, 0.25) is 10.0 Å². The van der Waals surface area contributed by atoms with Crippen molar-refractivity contribution >= 4 is 27.4 Å². The first-order valence-corrected chi connectivity index (χ1v) is 8.41. The second-order valence-corrected chi connectivity index (χ2v) is 7.06. The predicted octanol–water partition coefficient (Wildman–Crippen LogP) is 1.87. The third-order valence-electron chi connectivity index (χ3n) is 3.24. The molecule has 0 aromatic carbocycles. The Morgan fingerprint density at radius 1 is 1.42 bits per heavy atom. The second-order valence-electron chi connectivity index (χ2n) is 4.72. The zero-order valence-electron chi connectivity index (χ0n) is 10.6. The average Bonchev–Trinajstić information content (AvgIpc) is 2.29. The highest BCUT2D eigenvalue weighted by molar-refractivity contribution is 7.89. The molecule has 2 N–H and O–H groups in total. The van der Waals surface area contributed by atoms with Crippen LogP contribution in [-0.4, -0.2) is 32.2 Å². The molecule has 1 aromatic rings. The van der Waals surface area contributed by atoms with Crippen molar-refractivity contribution in [2.75, 3.05) is 24.2 Å². The SMILES string of the molecule is O=S(=O)(CCNc1ncccc1Cl)NCC1CCC1. The van der Waals surface area contributed by atoms with Crippen LogP contribution in [-0.2, 0) is 10.0 Å². The van der Waals surface area contributed by atoms with Gasteiger partial charge in [-0.2, -0.15) is 0 Å². The zero-order chi connectivity index (χ0) is 13.7. The molecule has 0 unspecified atom stereocenters. The van der Waals surface area contributed by atoms with Gasteiger partial charge in [-0.15, -0.1) is 0 Å². The summed E-state index contributed by atoms with van der Waals surface area (Å²) < 4.78 is 26.1. The molecule has 0 amide bonds. The quantitative estimate of drug-likeness (QED) is 0.806. The van der Waals surface area contributed by atoms with E-state index in [4.69, 9.17) is 11.6 Å². The summed E-state index contributed by atoms with van der Waals surface area (Å²) in [4.78, 5) is 4.04. The molecule has 1 aromatic heterocycles. The number of sulfonamides is 1. The van der Waals surface area contributed by atoms with Gasteiger partial charge < -0.3 is 5.32 Å². The summed E-state index contributed by atoms with van der Waals surface area (Å²) in [5.41, 5.74) is 0. The number of hydrogen-bond acceptors (Lipinski definition) is 4. The molecule has 1 fully saturated rings. The summed E-state index contributed by atoms with van der Waals surface area (Å²) in [5, 5.41) is 3.41. The maximum absolute atomic E-state index is 11.7. The van der Waals surface area contributed by atoms with E-state index in [0.29, 0.717) is 23.3 Å². The van der Waals surface area contributed by atoms with Crippen LogP contribution in [0.4, 0.5) is 5.82 Å². The smallest absolute Gasteiger partial charge is 0.213 e. The topological polar surface area (TPSA) is 71.1 Å². The standard InChI is InChI=1S/C12H18ClN3O2S/c13-11-5-2-6-14-12(11)15-7-8-19(17,18)16-9-10-3-1-4-10/h2,5-6,10,16H,1,3-4,7-9H2,(H,14,15). The van der Waals surface area contributed by atoms with E-state index in [9.17, 15) is 8.42 Å². The molecule has 1 aliphatic carbocycles. The molecule has 1 aliphatic rings. The van der Waals surface area contributed by atoms with Crippen molar-refractivity contribution in [2.24, 2.45) is 5.92 Å². The number of aromatic nitrogens is 1. The van der Waals surface area contributed by atoms with Crippen LogP contribution >= 0.6 is 11.6 Å². The van der Waals surface area contributed by atoms with Crippen LogP contribution in [0.2, 0.25) is 5.02 Å². The molecule has 106 valence electrons. The minimum Gasteiger partial charge on any atom is -0.368 e. The van der Waals surface area contributed by atoms with E-state index >= 15 is 0 Å². The largest absolute Gasteiger partial charge is 0.368 e. The van der Waals surface area contributed by atoms with Gasteiger partial charge in [0.05, 0.1) is 10.8 Å². The maximum Gasteiger partial charge on any atom is 0.213 e. The fraction of sp³-hybridized carbons (Fsp3) is 0.583. The van der Waals surface area contributed by atoms with Crippen LogP contribution in [0.1, 0.15) is 19.3 Å². The Morgan fingerprint density at radius 2 is 2.21 bits per heavy atom. The fourth-order valence-electron chi connectivity index (χ4n) is 1.83. The van der Waals surface area contributed by atoms with Gasteiger partial charge in [-0.3, -0.25) is 0 Å². The van der Waals surface area contributed by atoms with E-state index < -0.39 is 10.0 Å². The summed E-state index contributed by atoms with van der Waals surface area (Å²) >= 11 is 5.91. The van der Waals surface area contributed by atoms with Gasteiger partial charge in [-0.05, 0) is 30.9 Å². The summed E-state index contributed by atoms with van der Waals surface area (Å²) in [6, 6.07) is 3.44. The van der Waals surface area contributed by atoms with Crippen molar-refractivity contribution in [3.05, 3.63) is 23.4 Å². The van der Waals surface area contributed by atoms with Crippen molar-refractivity contribution < 1.29 is 8.42 Å². The monoisotopic (exact) mass is 303 g/mol. The van der Waals surface area contributed by atoms with Crippen molar-refractivity contribution in [2.45, 2.75) is 19.3 Å². The van der Waals surface area contributed by atoms with Crippen molar-refractivity contribution in [1.82, 2.24) is 9.71 Å². The molecule has 7 heteroatoms. The Balaban J connectivity index is 1.73. The maximum atomic E-state index is 11.7. The van der Waals surface area contributed by atoms with Crippen molar-refractivity contribution in [3.8, 4) is 0 Å². The summed E-state index contributed by atoms with van der Waals surface area (Å²) in [6.07, 6.45) is 5.08. The average molecular weight is 304 g/mol. The molecule has 2 rings (SSSR count). The first-order valence-electron chi connectivity index (χ1n) is 6.38. The van der Waals surface area contributed by atoms with E-state index in [1.807, 2.05) is 0 Å². The van der Waals surface area contributed by atoms with Crippen LogP contribution in [0.3, 0.4) is 0 Å².